The number of piperazine rings is 1. The second-order valence-electron chi connectivity index (χ2n) is 9.80. The van der Waals surface area contributed by atoms with Gasteiger partial charge in [0.05, 0.1) is 23.0 Å². The molecular formula is C30H30N6O4. The van der Waals surface area contributed by atoms with E-state index in [1.165, 1.54) is 12.3 Å². The number of benzene rings is 2. The fourth-order valence-electron chi connectivity index (χ4n) is 4.38. The zero-order valence-corrected chi connectivity index (χ0v) is 22.4. The summed E-state index contributed by atoms with van der Waals surface area (Å²) in [6.45, 7) is 6.90. The van der Waals surface area contributed by atoms with Crippen LogP contribution in [0.1, 0.15) is 31.8 Å². The molecule has 0 bridgehead atoms. The zero-order chi connectivity index (χ0) is 28.1. The highest BCUT2D eigenvalue weighted by Crippen LogP contribution is 2.25. The van der Waals surface area contributed by atoms with Gasteiger partial charge in [0.25, 0.3) is 0 Å². The van der Waals surface area contributed by atoms with Crippen LogP contribution in [0.2, 0.25) is 0 Å². The van der Waals surface area contributed by atoms with Crippen molar-refractivity contribution in [2.45, 2.75) is 13.5 Å². The Bertz CT molecular complexity index is 1520. The number of carboxylic acids is 1. The summed E-state index contributed by atoms with van der Waals surface area (Å²) in [5.74, 6) is -0.898. The number of hydrogen-bond donors (Lipinski definition) is 2. The van der Waals surface area contributed by atoms with E-state index < -0.39 is 11.9 Å². The molecule has 10 nitrogen and oxygen atoms in total. The third kappa shape index (κ3) is 6.66. The number of ether oxygens (including phenoxy) is 1. The number of aromatic carboxylic acids is 1. The van der Waals surface area contributed by atoms with Crippen molar-refractivity contribution in [1.29, 1.82) is 0 Å². The molecule has 2 aromatic carbocycles. The number of aromatic nitrogens is 3. The fraction of sp³-hybridized carbons (Fsp3) is 0.233. The van der Waals surface area contributed by atoms with E-state index in [1.807, 2.05) is 19.1 Å². The molecular weight excluding hydrogens is 508 g/mol. The Labute approximate surface area is 232 Å². The molecule has 10 heteroatoms. The minimum absolute atomic E-state index is 0.160. The van der Waals surface area contributed by atoms with E-state index in [0.717, 1.165) is 43.9 Å². The summed E-state index contributed by atoms with van der Waals surface area (Å²) in [5, 5.41) is 12.4. The van der Waals surface area contributed by atoms with E-state index >= 15 is 0 Å². The highest BCUT2D eigenvalue weighted by molar-refractivity contribution is 5.91. The van der Waals surface area contributed by atoms with Gasteiger partial charge in [0.2, 0.25) is 5.95 Å². The number of likely N-dealkylation sites (N-methyl/N-ethyl adjacent to an activating group) is 1. The van der Waals surface area contributed by atoms with Gasteiger partial charge in [0.15, 0.2) is 0 Å². The van der Waals surface area contributed by atoms with Crippen LogP contribution in [0.15, 0.2) is 73.2 Å². The third-order valence-electron chi connectivity index (χ3n) is 6.80. The van der Waals surface area contributed by atoms with Crippen molar-refractivity contribution >= 4 is 23.6 Å². The van der Waals surface area contributed by atoms with Crippen LogP contribution in [0.25, 0.3) is 11.3 Å². The van der Waals surface area contributed by atoms with Gasteiger partial charge in [0, 0.05) is 56.4 Å². The molecule has 3 heterocycles. The van der Waals surface area contributed by atoms with Crippen LogP contribution < -0.4 is 10.1 Å². The first-order chi connectivity index (χ1) is 19.3. The van der Waals surface area contributed by atoms with Gasteiger partial charge in [-0.15, -0.1) is 0 Å². The van der Waals surface area contributed by atoms with Crippen molar-refractivity contribution in [3.63, 3.8) is 0 Å². The standard InChI is InChI=1S/C30H30N6O4/c1-20-3-6-23(28(37)38)16-27(20)34-30-32-10-9-26(33-30)24-15-25(18-31-17-24)40-29(39)22-7-4-21(5-8-22)19-36-13-11-35(2)12-14-36/h3-10,15-18H,11-14,19H2,1-2H3,(H,37,38)(H,32,33,34). The number of pyridine rings is 1. The minimum Gasteiger partial charge on any atom is -0.478 e. The molecule has 1 fully saturated rings. The van der Waals surface area contributed by atoms with E-state index in [1.54, 1.807) is 48.8 Å². The third-order valence-corrected chi connectivity index (χ3v) is 6.80. The van der Waals surface area contributed by atoms with E-state index in [9.17, 15) is 14.7 Å². The summed E-state index contributed by atoms with van der Waals surface area (Å²) in [7, 11) is 2.14. The van der Waals surface area contributed by atoms with Crippen LogP contribution in [-0.4, -0.2) is 75.0 Å². The van der Waals surface area contributed by atoms with Crippen molar-refractivity contribution in [2.24, 2.45) is 0 Å². The number of rotatable bonds is 8. The van der Waals surface area contributed by atoms with Crippen LogP contribution in [-0.2, 0) is 6.54 Å². The van der Waals surface area contributed by atoms with Gasteiger partial charge in [-0.3, -0.25) is 9.88 Å². The van der Waals surface area contributed by atoms with Gasteiger partial charge in [-0.1, -0.05) is 18.2 Å². The zero-order valence-electron chi connectivity index (χ0n) is 22.4. The molecule has 0 unspecified atom stereocenters. The number of nitrogens with one attached hydrogen (secondary N) is 1. The quantitative estimate of drug-likeness (QED) is 0.315. The largest absolute Gasteiger partial charge is 0.478 e. The number of carbonyl (C=O) groups excluding carboxylic acids is 1. The minimum atomic E-state index is -1.02. The molecule has 0 amide bonds. The van der Waals surface area contributed by atoms with Crippen LogP contribution in [0.5, 0.6) is 5.75 Å². The number of anilines is 2. The smallest absolute Gasteiger partial charge is 0.343 e. The molecule has 4 aromatic rings. The first kappa shape index (κ1) is 26.9. The molecule has 1 saturated heterocycles. The molecule has 1 aliphatic heterocycles. The molecule has 40 heavy (non-hydrogen) atoms. The van der Waals surface area contributed by atoms with Gasteiger partial charge >= 0.3 is 11.9 Å². The molecule has 0 atom stereocenters. The lowest BCUT2D eigenvalue weighted by molar-refractivity contribution is 0.0694. The Hall–Kier alpha value is -4.67. The SMILES string of the molecule is Cc1ccc(C(=O)O)cc1Nc1nccc(-c2cncc(OC(=O)c3ccc(CN4CCN(C)CC4)cc3)c2)n1. The van der Waals surface area contributed by atoms with Crippen LogP contribution in [0.4, 0.5) is 11.6 Å². The molecule has 0 radical (unpaired) electrons. The molecule has 0 aliphatic carbocycles. The summed E-state index contributed by atoms with van der Waals surface area (Å²) < 4.78 is 5.61. The number of esters is 1. The molecule has 2 N–H and O–H groups in total. The lowest BCUT2D eigenvalue weighted by atomic mass is 10.1. The lowest BCUT2D eigenvalue weighted by Gasteiger charge is -2.32. The van der Waals surface area contributed by atoms with E-state index in [4.69, 9.17) is 4.74 Å². The van der Waals surface area contributed by atoms with Crippen LogP contribution >= 0.6 is 0 Å². The Morgan fingerprint density at radius 2 is 1.73 bits per heavy atom. The number of carbonyl (C=O) groups is 2. The molecule has 1 aliphatic rings. The van der Waals surface area contributed by atoms with Gasteiger partial charge < -0.3 is 20.1 Å². The number of aryl methyl sites for hydroxylation is 1. The predicted molar refractivity (Wildman–Crippen MR) is 151 cm³/mol. The first-order valence-corrected chi connectivity index (χ1v) is 13.0. The van der Waals surface area contributed by atoms with Crippen molar-refractivity contribution in [3.8, 4) is 17.0 Å². The predicted octanol–water partition coefficient (Wildman–Crippen LogP) is 4.26. The Kier molecular flexibility index (Phi) is 8.09. The molecule has 5 rings (SSSR count). The Balaban J connectivity index is 1.25. The van der Waals surface area contributed by atoms with Gasteiger partial charge in [0.1, 0.15) is 5.75 Å². The lowest BCUT2D eigenvalue weighted by Crippen LogP contribution is -2.43. The van der Waals surface area contributed by atoms with Gasteiger partial charge in [-0.2, -0.15) is 0 Å². The van der Waals surface area contributed by atoms with E-state index in [0.29, 0.717) is 34.2 Å². The van der Waals surface area contributed by atoms with Crippen molar-refractivity contribution in [1.82, 2.24) is 24.8 Å². The van der Waals surface area contributed by atoms with Crippen LogP contribution in [0, 0.1) is 6.92 Å². The fourth-order valence-corrected chi connectivity index (χ4v) is 4.38. The normalized spacial score (nSPS) is 14.1. The molecule has 204 valence electrons. The number of carboxylic acid groups (broad SMARTS) is 1. The molecule has 0 saturated carbocycles. The van der Waals surface area contributed by atoms with E-state index in [2.05, 4.69) is 37.1 Å². The summed E-state index contributed by atoms with van der Waals surface area (Å²) in [4.78, 5) is 41.9. The van der Waals surface area contributed by atoms with Crippen molar-refractivity contribution in [2.75, 3.05) is 38.5 Å². The monoisotopic (exact) mass is 538 g/mol. The Morgan fingerprint density at radius 1 is 0.975 bits per heavy atom. The Morgan fingerprint density at radius 3 is 2.48 bits per heavy atom. The summed E-state index contributed by atoms with van der Waals surface area (Å²) in [5.41, 5.74) is 4.40. The van der Waals surface area contributed by atoms with Crippen LogP contribution in [0.3, 0.4) is 0 Å². The average molecular weight is 539 g/mol. The second-order valence-corrected chi connectivity index (χ2v) is 9.80. The molecule has 2 aromatic heterocycles. The highest BCUT2D eigenvalue weighted by atomic mass is 16.5. The van der Waals surface area contributed by atoms with Gasteiger partial charge in [-0.25, -0.2) is 19.6 Å². The average Bonchev–Trinajstić information content (AvgIpc) is 2.96. The first-order valence-electron chi connectivity index (χ1n) is 13.0. The topological polar surface area (TPSA) is 121 Å². The maximum absolute atomic E-state index is 12.8. The summed E-state index contributed by atoms with van der Waals surface area (Å²) in [6, 6.07) is 15.7. The summed E-state index contributed by atoms with van der Waals surface area (Å²) >= 11 is 0. The molecule has 0 spiro atoms. The maximum atomic E-state index is 12.8. The maximum Gasteiger partial charge on any atom is 0.343 e. The van der Waals surface area contributed by atoms with Crippen molar-refractivity contribution < 1.29 is 19.4 Å². The number of hydrogen-bond acceptors (Lipinski definition) is 9. The van der Waals surface area contributed by atoms with Gasteiger partial charge in [-0.05, 0) is 61.5 Å². The summed E-state index contributed by atoms with van der Waals surface area (Å²) in [6.07, 6.45) is 4.68. The van der Waals surface area contributed by atoms with E-state index in [-0.39, 0.29) is 5.56 Å². The van der Waals surface area contributed by atoms with Crippen molar-refractivity contribution in [3.05, 3.63) is 95.4 Å². The highest BCUT2D eigenvalue weighted by Gasteiger charge is 2.15. The second kappa shape index (κ2) is 12.0. The number of nitrogens with zero attached hydrogens (tertiary/aromatic N) is 5.